The van der Waals surface area contributed by atoms with E-state index in [0.29, 0.717) is 50.8 Å². The van der Waals surface area contributed by atoms with Gasteiger partial charge in [0.05, 0.1) is 19.9 Å². The molecule has 3 amide bonds. The van der Waals surface area contributed by atoms with Crippen LogP contribution >= 0.6 is 0 Å². The van der Waals surface area contributed by atoms with Crippen LogP contribution in [0.3, 0.4) is 0 Å². The minimum absolute atomic E-state index is 0.0292. The van der Waals surface area contributed by atoms with E-state index in [9.17, 15) is 9.59 Å². The number of anilines is 1. The number of piperazine rings is 1. The Morgan fingerprint density at radius 2 is 1.83 bits per heavy atom. The Morgan fingerprint density at radius 3 is 2.43 bits per heavy atom. The normalized spacial score (nSPS) is 13.2. The molecular weight excluding hydrogens is 448 g/mol. The number of nitrogens with one attached hydrogen (secondary N) is 1. The molecule has 0 unspecified atom stereocenters. The lowest BCUT2D eigenvalue weighted by atomic mass is 10.1. The van der Waals surface area contributed by atoms with E-state index in [4.69, 9.17) is 9.47 Å². The highest BCUT2D eigenvalue weighted by atomic mass is 16.5. The molecule has 1 aliphatic heterocycles. The molecular formula is C25H34N6O4. The molecule has 0 radical (unpaired) electrons. The second kappa shape index (κ2) is 12.6. The molecule has 0 saturated carbocycles. The molecule has 188 valence electrons. The summed E-state index contributed by atoms with van der Waals surface area (Å²) < 4.78 is 10.7. The smallest absolute Gasteiger partial charge is 0.318 e. The van der Waals surface area contributed by atoms with Crippen LogP contribution in [0.4, 0.5) is 10.6 Å². The van der Waals surface area contributed by atoms with E-state index < -0.39 is 0 Å². The largest absolute Gasteiger partial charge is 0.493 e. The third-order valence-corrected chi connectivity index (χ3v) is 5.78. The summed E-state index contributed by atoms with van der Waals surface area (Å²) in [7, 11) is 3.19. The van der Waals surface area contributed by atoms with Gasteiger partial charge in [-0.15, -0.1) is 16.8 Å². The van der Waals surface area contributed by atoms with Crippen LogP contribution in [0.25, 0.3) is 11.3 Å². The van der Waals surface area contributed by atoms with Crippen LogP contribution in [0.2, 0.25) is 0 Å². The Morgan fingerprint density at radius 1 is 1.09 bits per heavy atom. The minimum atomic E-state index is -0.247. The molecule has 2 heterocycles. The highest BCUT2D eigenvalue weighted by Gasteiger charge is 2.25. The van der Waals surface area contributed by atoms with Gasteiger partial charge >= 0.3 is 6.03 Å². The van der Waals surface area contributed by atoms with E-state index in [1.165, 1.54) is 4.90 Å². The number of nitrogens with zero attached hydrogens (tertiary/aromatic N) is 5. The van der Waals surface area contributed by atoms with Crippen molar-refractivity contribution in [2.45, 2.75) is 13.3 Å². The van der Waals surface area contributed by atoms with E-state index in [0.717, 1.165) is 23.5 Å². The molecule has 1 aliphatic rings. The minimum Gasteiger partial charge on any atom is -0.493 e. The molecule has 0 spiro atoms. The molecule has 0 aliphatic carbocycles. The van der Waals surface area contributed by atoms with Crippen LogP contribution in [-0.4, -0.2) is 92.0 Å². The van der Waals surface area contributed by atoms with Gasteiger partial charge in [0.15, 0.2) is 17.3 Å². The monoisotopic (exact) mass is 482 g/mol. The second-order valence-electron chi connectivity index (χ2n) is 8.12. The molecule has 1 fully saturated rings. The van der Waals surface area contributed by atoms with Gasteiger partial charge < -0.3 is 29.5 Å². The topological polar surface area (TPSA) is 100 Å². The predicted molar refractivity (Wildman–Crippen MR) is 135 cm³/mol. The summed E-state index contributed by atoms with van der Waals surface area (Å²) in [5.74, 6) is 1.97. The first-order valence-electron chi connectivity index (χ1n) is 11.7. The second-order valence-corrected chi connectivity index (χ2v) is 8.12. The Hall–Kier alpha value is -3.82. The summed E-state index contributed by atoms with van der Waals surface area (Å²) in [6, 6.07) is 9.22. The number of aromatic nitrogens is 2. The van der Waals surface area contributed by atoms with Gasteiger partial charge in [0.2, 0.25) is 5.91 Å². The maximum atomic E-state index is 12.8. The van der Waals surface area contributed by atoms with Crippen molar-refractivity contribution in [1.29, 1.82) is 0 Å². The lowest BCUT2D eigenvalue weighted by Crippen LogP contribution is -2.53. The molecule has 10 heteroatoms. The van der Waals surface area contributed by atoms with Crippen molar-refractivity contribution in [2.75, 3.05) is 64.9 Å². The average Bonchev–Trinajstić information content (AvgIpc) is 2.91. The zero-order chi connectivity index (χ0) is 25.2. The van der Waals surface area contributed by atoms with Gasteiger partial charge in [-0.3, -0.25) is 4.79 Å². The quantitative estimate of drug-likeness (QED) is 0.519. The summed E-state index contributed by atoms with van der Waals surface area (Å²) in [6.07, 6.45) is 2.46. The number of amides is 3. The standard InChI is InChI=1S/C25H34N6O4/c1-5-11-26-25(33)31(12-6-2)18-24(32)30-15-13-29(14-16-30)23-10-8-20(27-28-23)19-7-9-21(34-3)22(17-19)35-4/h6-10,17H,2,5,11-16,18H2,1,3-4H3,(H,26,33). The molecule has 1 saturated heterocycles. The van der Waals surface area contributed by atoms with Crippen LogP contribution in [0.5, 0.6) is 11.5 Å². The molecule has 1 aromatic carbocycles. The van der Waals surface area contributed by atoms with E-state index in [2.05, 4.69) is 27.0 Å². The molecule has 10 nitrogen and oxygen atoms in total. The molecule has 0 atom stereocenters. The summed E-state index contributed by atoms with van der Waals surface area (Å²) >= 11 is 0. The summed E-state index contributed by atoms with van der Waals surface area (Å²) in [4.78, 5) is 30.5. The molecule has 3 rings (SSSR count). The molecule has 35 heavy (non-hydrogen) atoms. The Kier molecular flexibility index (Phi) is 9.28. The van der Waals surface area contributed by atoms with Crippen molar-refractivity contribution in [1.82, 2.24) is 25.3 Å². The first-order valence-corrected chi connectivity index (χ1v) is 11.7. The van der Waals surface area contributed by atoms with Gasteiger partial charge in [-0.25, -0.2) is 4.79 Å². The van der Waals surface area contributed by atoms with E-state index in [1.807, 2.05) is 37.3 Å². The number of methoxy groups -OCH3 is 2. The number of benzene rings is 1. The number of ether oxygens (including phenoxy) is 2. The number of hydrogen-bond acceptors (Lipinski definition) is 7. The van der Waals surface area contributed by atoms with Crippen molar-refractivity contribution in [2.24, 2.45) is 0 Å². The third-order valence-electron chi connectivity index (χ3n) is 5.78. The summed E-state index contributed by atoms with van der Waals surface area (Å²) in [6.45, 7) is 8.98. The zero-order valence-corrected chi connectivity index (χ0v) is 20.7. The Balaban J connectivity index is 1.57. The average molecular weight is 483 g/mol. The molecule has 1 aromatic heterocycles. The predicted octanol–water partition coefficient (Wildman–Crippen LogP) is 2.42. The van der Waals surface area contributed by atoms with Crippen molar-refractivity contribution >= 4 is 17.8 Å². The van der Waals surface area contributed by atoms with Gasteiger partial charge in [0.25, 0.3) is 0 Å². The van der Waals surface area contributed by atoms with Crippen LogP contribution in [-0.2, 0) is 4.79 Å². The first-order chi connectivity index (χ1) is 17.0. The molecule has 2 aromatic rings. The number of carbonyl (C=O) groups excluding carboxylic acids is 2. The van der Waals surface area contributed by atoms with E-state index in [-0.39, 0.29) is 18.5 Å². The fraction of sp³-hybridized carbons (Fsp3) is 0.440. The third kappa shape index (κ3) is 6.62. The SMILES string of the molecule is C=CCN(CC(=O)N1CCN(c2ccc(-c3ccc(OC)c(OC)c3)nn2)CC1)C(=O)NCCC. The first kappa shape index (κ1) is 25.8. The van der Waals surface area contributed by atoms with Crippen LogP contribution in [0.1, 0.15) is 13.3 Å². The Bertz CT molecular complexity index is 1010. The van der Waals surface area contributed by atoms with Crippen molar-refractivity contribution in [3.05, 3.63) is 43.0 Å². The maximum Gasteiger partial charge on any atom is 0.318 e. The fourth-order valence-corrected chi connectivity index (χ4v) is 3.81. The van der Waals surface area contributed by atoms with Gasteiger partial charge in [-0.1, -0.05) is 13.0 Å². The van der Waals surface area contributed by atoms with Crippen molar-refractivity contribution in [3.63, 3.8) is 0 Å². The Labute approximate surface area is 206 Å². The van der Waals surface area contributed by atoms with E-state index in [1.54, 1.807) is 25.2 Å². The van der Waals surface area contributed by atoms with Crippen LogP contribution in [0.15, 0.2) is 43.0 Å². The highest BCUT2D eigenvalue weighted by Crippen LogP contribution is 2.31. The highest BCUT2D eigenvalue weighted by molar-refractivity contribution is 5.84. The van der Waals surface area contributed by atoms with E-state index >= 15 is 0 Å². The molecule has 1 N–H and O–H groups in total. The number of urea groups is 1. The fourth-order valence-electron chi connectivity index (χ4n) is 3.81. The number of carbonyl (C=O) groups is 2. The van der Waals surface area contributed by atoms with Gasteiger partial charge in [0, 0.05) is 44.8 Å². The van der Waals surface area contributed by atoms with Crippen LogP contribution in [0, 0.1) is 0 Å². The lowest BCUT2D eigenvalue weighted by Gasteiger charge is -2.36. The van der Waals surface area contributed by atoms with Gasteiger partial charge in [-0.2, -0.15) is 0 Å². The van der Waals surface area contributed by atoms with Crippen molar-refractivity contribution < 1.29 is 19.1 Å². The zero-order valence-electron chi connectivity index (χ0n) is 20.7. The van der Waals surface area contributed by atoms with Crippen LogP contribution < -0.4 is 19.7 Å². The number of hydrogen-bond donors (Lipinski definition) is 1. The van der Waals surface area contributed by atoms with Gasteiger partial charge in [-0.05, 0) is 36.8 Å². The molecule has 0 bridgehead atoms. The van der Waals surface area contributed by atoms with Crippen molar-refractivity contribution in [3.8, 4) is 22.8 Å². The summed E-state index contributed by atoms with van der Waals surface area (Å²) in [5.41, 5.74) is 1.61. The summed E-state index contributed by atoms with van der Waals surface area (Å²) in [5, 5.41) is 11.6. The number of rotatable bonds is 10. The lowest BCUT2D eigenvalue weighted by molar-refractivity contribution is -0.132. The maximum absolute atomic E-state index is 12.8. The van der Waals surface area contributed by atoms with Gasteiger partial charge in [0.1, 0.15) is 6.54 Å².